The Morgan fingerprint density at radius 1 is 1.26 bits per heavy atom. The van der Waals surface area contributed by atoms with Gasteiger partial charge in [0.05, 0.1) is 0 Å². The van der Waals surface area contributed by atoms with Crippen LogP contribution in [0.15, 0.2) is 18.2 Å². The van der Waals surface area contributed by atoms with Gasteiger partial charge in [-0.25, -0.2) is 8.78 Å². The van der Waals surface area contributed by atoms with Crippen molar-refractivity contribution in [2.24, 2.45) is 11.8 Å². The van der Waals surface area contributed by atoms with E-state index in [2.05, 4.69) is 25.3 Å². The van der Waals surface area contributed by atoms with E-state index in [4.69, 9.17) is 5.84 Å². The molecule has 0 bridgehead atoms. The minimum atomic E-state index is -2.49. The first-order valence-corrected chi connectivity index (χ1v) is 6.84. The van der Waals surface area contributed by atoms with Gasteiger partial charge in [0.2, 0.25) is 5.92 Å². The number of benzene rings is 1. The van der Waals surface area contributed by atoms with Gasteiger partial charge in [-0.3, -0.25) is 11.3 Å². The lowest BCUT2D eigenvalue weighted by atomic mass is 9.78. The summed E-state index contributed by atoms with van der Waals surface area (Å²) in [6.45, 7) is 4.12. The number of rotatable bonds is 3. The van der Waals surface area contributed by atoms with Gasteiger partial charge in [-0.05, 0) is 49.3 Å². The van der Waals surface area contributed by atoms with Crippen LogP contribution in [0.4, 0.5) is 8.78 Å². The van der Waals surface area contributed by atoms with Crippen molar-refractivity contribution in [3.63, 3.8) is 0 Å². The van der Waals surface area contributed by atoms with Crippen LogP contribution in [0.1, 0.15) is 48.4 Å². The van der Waals surface area contributed by atoms with Gasteiger partial charge in [-0.15, -0.1) is 0 Å². The van der Waals surface area contributed by atoms with Crippen molar-refractivity contribution in [2.45, 2.75) is 51.5 Å². The Kier molecular flexibility index (Phi) is 4.21. The Hall–Kier alpha value is -1.00. The van der Waals surface area contributed by atoms with Crippen molar-refractivity contribution < 1.29 is 8.78 Å². The summed E-state index contributed by atoms with van der Waals surface area (Å²) in [5.74, 6) is 3.38. The summed E-state index contributed by atoms with van der Waals surface area (Å²) in [6.07, 6.45) is 0.992. The first kappa shape index (κ1) is 14.4. The number of hydrazine groups is 1. The molecule has 4 heteroatoms. The molecule has 0 radical (unpaired) electrons. The molecule has 1 aliphatic rings. The number of halogens is 2. The topological polar surface area (TPSA) is 38.0 Å². The molecule has 1 fully saturated rings. The molecule has 0 amide bonds. The van der Waals surface area contributed by atoms with Gasteiger partial charge in [-0.1, -0.05) is 18.2 Å². The van der Waals surface area contributed by atoms with Crippen molar-refractivity contribution >= 4 is 0 Å². The number of hydrogen-bond acceptors (Lipinski definition) is 2. The molecule has 3 N–H and O–H groups in total. The summed E-state index contributed by atoms with van der Waals surface area (Å²) in [7, 11) is 0. The SMILES string of the molecule is Cc1cccc(C(NN)C2CCC(F)(F)CC2)c1C. The zero-order valence-corrected chi connectivity index (χ0v) is 11.5. The van der Waals surface area contributed by atoms with E-state index in [0.717, 1.165) is 5.56 Å². The molecule has 1 atom stereocenters. The second-order valence-corrected chi connectivity index (χ2v) is 5.63. The third kappa shape index (κ3) is 3.12. The van der Waals surface area contributed by atoms with Gasteiger partial charge < -0.3 is 0 Å². The van der Waals surface area contributed by atoms with E-state index in [1.165, 1.54) is 11.1 Å². The van der Waals surface area contributed by atoms with Crippen LogP contribution in [-0.2, 0) is 0 Å². The van der Waals surface area contributed by atoms with Crippen molar-refractivity contribution in [2.75, 3.05) is 0 Å². The van der Waals surface area contributed by atoms with Crippen LogP contribution in [0.5, 0.6) is 0 Å². The molecule has 106 valence electrons. The van der Waals surface area contributed by atoms with Gasteiger partial charge in [0, 0.05) is 18.9 Å². The summed E-state index contributed by atoms with van der Waals surface area (Å²) < 4.78 is 26.5. The number of nitrogens with two attached hydrogens (primary N) is 1. The smallest absolute Gasteiger partial charge is 0.248 e. The van der Waals surface area contributed by atoms with Crippen molar-refractivity contribution in [3.8, 4) is 0 Å². The average molecular weight is 268 g/mol. The predicted octanol–water partition coefficient (Wildman–Crippen LogP) is 3.63. The third-order valence-electron chi connectivity index (χ3n) is 4.39. The first-order chi connectivity index (χ1) is 8.94. The number of aryl methyl sites for hydroxylation is 1. The van der Waals surface area contributed by atoms with E-state index < -0.39 is 5.92 Å². The van der Waals surface area contributed by atoms with E-state index in [-0.39, 0.29) is 24.8 Å². The van der Waals surface area contributed by atoms with E-state index in [1.54, 1.807) is 0 Å². The second kappa shape index (κ2) is 5.55. The van der Waals surface area contributed by atoms with Crippen LogP contribution in [0.25, 0.3) is 0 Å². The third-order valence-corrected chi connectivity index (χ3v) is 4.39. The Morgan fingerprint density at radius 3 is 2.47 bits per heavy atom. The highest BCUT2D eigenvalue weighted by Crippen LogP contribution is 2.41. The van der Waals surface area contributed by atoms with Crippen LogP contribution in [0.2, 0.25) is 0 Å². The van der Waals surface area contributed by atoms with Crippen LogP contribution in [0.3, 0.4) is 0 Å². The maximum atomic E-state index is 13.2. The molecule has 0 aliphatic heterocycles. The molecule has 2 rings (SSSR count). The Balaban J connectivity index is 2.19. The largest absolute Gasteiger partial charge is 0.271 e. The molecule has 2 nitrogen and oxygen atoms in total. The molecule has 0 spiro atoms. The van der Waals surface area contributed by atoms with Gasteiger partial charge in [0.25, 0.3) is 0 Å². The second-order valence-electron chi connectivity index (χ2n) is 5.63. The zero-order chi connectivity index (χ0) is 14.0. The minimum Gasteiger partial charge on any atom is -0.271 e. The lowest BCUT2D eigenvalue weighted by molar-refractivity contribution is -0.0498. The average Bonchev–Trinajstić information content (AvgIpc) is 2.37. The van der Waals surface area contributed by atoms with Crippen LogP contribution < -0.4 is 11.3 Å². The fourth-order valence-electron chi connectivity index (χ4n) is 2.99. The number of nitrogens with one attached hydrogen (secondary N) is 1. The summed E-state index contributed by atoms with van der Waals surface area (Å²) in [4.78, 5) is 0. The molecule has 1 aromatic carbocycles. The Morgan fingerprint density at radius 2 is 1.89 bits per heavy atom. The standard InChI is InChI=1S/C15H22F2N2/c1-10-4-3-5-13(11(10)2)14(19-18)12-6-8-15(16,17)9-7-12/h3-5,12,14,19H,6-9,18H2,1-2H3. The van der Waals surface area contributed by atoms with E-state index in [9.17, 15) is 8.78 Å². The zero-order valence-electron chi connectivity index (χ0n) is 11.5. The molecule has 0 saturated heterocycles. The fourth-order valence-corrected chi connectivity index (χ4v) is 2.99. The van der Waals surface area contributed by atoms with E-state index in [1.807, 2.05) is 12.1 Å². The van der Waals surface area contributed by atoms with Gasteiger partial charge in [0.1, 0.15) is 0 Å². The Labute approximate surface area is 113 Å². The molecule has 0 aromatic heterocycles. The summed E-state index contributed by atoms with van der Waals surface area (Å²) in [6, 6.07) is 6.07. The van der Waals surface area contributed by atoms with Gasteiger partial charge in [-0.2, -0.15) is 0 Å². The monoisotopic (exact) mass is 268 g/mol. The van der Waals surface area contributed by atoms with Crippen molar-refractivity contribution in [1.29, 1.82) is 0 Å². The maximum absolute atomic E-state index is 13.2. The highest BCUT2D eigenvalue weighted by Gasteiger charge is 2.38. The normalized spacial score (nSPS) is 21.3. The van der Waals surface area contributed by atoms with Crippen LogP contribution in [0, 0.1) is 19.8 Å². The predicted molar refractivity (Wildman–Crippen MR) is 72.9 cm³/mol. The molecule has 1 aromatic rings. The molecule has 19 heavy (non-hydrogen) atoms. The number of hydrogen-bond donors (Lipinski definition) is 2. The van der Waals surface area contributed by atoms with Crippen molar-refractivity contribution in [3.05, 3.63) is 34.9 Å². The maximum Gasteiger partial charge on any atom is 0.248 e. The molecule has 0 heterocycles. The molecule has 1 unspecified atom stereocenters. The summed E-state index contributed by atoms with van der Waals surface area (Å²) >= 11 is 0. The van der Waals surface area contributed by atoms with E-state index in [0.29, 0.717) is 12.8 Å². The Bertz CT molecular complexity index is 436. The van der Waals surface area contributed by atoms with Gasteiger partial charge >= 0.3 is 0 Å². The molecule has 1 aliphatic carbocycles. The van der Waals surface area contributed by atoms with Crippen molar-refractivity contribution in [1.82, 2.24) is 5.43 Å². The fraction of sp³-hybridized carbons (Fsp3) is 0.600. The van der Waals surface area contributed by atoms with E-state index >= 15 is 0 Å². The lowest BCUT2D eigenvalue weighted by Gasteiger charge is -2.34. The first-order valence-electron chi connectivity index (χ1n) is 6.84. The van der Waals surface area contributed by atoms with Gasteiger partial charge in [0.15, 0.2) is 0 Å². The van der Waals surface area contributed by atoms with Crippen LogP contribution >= 0.6 is 0 Å². The quantitative estimate of drug-likeness (QED) is 0.649. The lowest BCUT2D eigenvalue weighted by Crippen LogP contribution is -2.37. The minimum absolute atomic E-state index is 0.0271. The molecular weight excluding hydrogens is 246 g/mol. The highest BCUT2D eigenvalue weighted by molar-refractivity contribution is 5.35. The highest BCUT2D eigenvalue weighted by atomic mass is 19.3. The van der Waals surface area contributed by atoms with Crippen LogP contribution in [-0.4, -0.2) is 5.92 Å². The summed E-state index contributed by atoms with van der Waals surface area (Å²) in [5.41, 5.74) is 6.38. The number of alkyl halides is 2. The summed E-state index contributed by atoms with van der Waals surface area (Å²) in [5, 5.41) is 0. The molecular formula is C15H22F2N2. The molecule has 1 saturated carbocycles.